The third-order valence-corrected chi connectivity index (χ3v) is 3.43. The summed E-state index contributed by atoms with van der Waals surface area (Å²) in [6, 6.07) is 11.1. The van der Waals surface area contributed by atoms with Crippen molar-refractivity contribution in [3.05, 3.63) is 64.3 Å². The van der Waals surface area contributed by atoms with E-state index in [1.54, 1.807) is 0 Å². The minimum absolute atomic E-state index is 0.0184. The topological polar surface area (TPSA) is 64.0 Å². The van der Waals surface area contributed by atoms with Crippen LogP contribution in [0.5, 0.6) is 0 Å². The van der Waals surface area contributed by atoms with Gasteiger partial charge in [0.1, 0.15) is 6.54 Å². The molecule has 0 saturated carbocycles. The Morgan fingerprint density at radius 2 is 2.05 bits per heavy atom. The van der Waals surface area contributed by atoms with Crippen LogP contribution in [-0.4, -0.2) is 15.5 Å². The van der Waals surface area contributed by atoms with Crippen molar-refractivity contribution < 1.29 is 4.79 Å². The first kappa shape index (κ1) is 15.9. The Bertz CT molecular complexity index is 680. The zero-order chi connectivity index (χ0) is 15.9. The van der Waals surface area contributed by atoms with Crippen LogP contribution in [0.25, 0.3) is 0 Å². The van der Waals surface area contributed by atoms with Crippen molar-refractivity contribution >= 4 is 5.91 Å². The lowest BCUT2D eigenvalue weighted by atomic mass is 10.1. The molecule has 5 nitrogen and oxygen atoms in total. The molecule has 116 valence electrons. The molecule has 0 aliphatic carbocycles. The summed E-state index contributed by atoms with van der Waals surface area (Å²) in [6.07, 6.45) is 3.15. The number of amides is 1. The van der Waals surface area contributed by atoms with Gasteiger partial charge >= 0.3 is 0 Å². The predicted octanol–water partition coefficient (Wildman–Crippen LogP) is 2.07. The number of nitrogens with zero attached hydrogens (tertiary/aromatic N) is 2. The summed E-state index contributed by atoms with van der Waals surface area (Å²) in [7, 11) is 0. The van der Waals surface area contributed by atoms with E-state index in [1.165, 1.54) is 17.0 Å². The summed E-state index contributed by atoms with van der Waals surface area (Å²) in [4.78, 5) is 28.2. The van der Waals surface area contributed by atoms with Gasteiger partial charge in [0.15, 0.2) is 0 Å². The lowest BCUT2D eigenvalue weighted by molar-refractivity contribution is -0.122. The van der Waals surface area contributed by atoms with E-state index >= 15 is 0 Å². The van der Waals surface area contributed by atoms with E-state index in [4.69, 9.17) is 0 Å². The van der Waals surface area contributed by atoms with Crippen LogP contribution in [0, 0.1) is 0 Å². The standard InChI is InChI=1S/C17H21N3O2/c1-3-7-15-10-17(22)20(12-18-15)11-16(21)19-13(2)14-8-5-4-6-9-14/h4-6,8-10,12-13H,3,7,11H2,1-2H3,(H,19,21)/t13-/m1/s1. The molecule has 5 heteroatoms. The van der Waals surface area contributed by atoms with E-state index in [9.17, 15) is 9.59 Å². The summed E-state index contributed by atoms with van der Waals surface area (Å²) >= 11 is 0. The van der Waals surface area contributed by atoms with Crippen molar-refractivity contribution in [3.8, 4) is 0 Å². The summed E-state index contributed by atoms with van der Waals surface area (Å²) in [5.74, 6) is -0.205. The Hall–Kier alpha value is -2.43. The molecule has 0 fully saturated rings. The van der Waals surface area contributed by atoms with Gasteiger partial charge in [-0.05, 0) is 18.9 Å². The maximum Gasteiger partial charge on any atom is 0.253 e. The van der Waals surface area contributed by atoms with Crippen molar-refractivity contribution in [1.29, 1.82) is 0 Å². The van der Waals surface area contributed by atoms with Gasteiger partial charge in [-0.1, -0.05) is 43.7 Å². The molecular formula is C17H21N3O2. The second-order valence-electron chi connectivity index (χ2n) is 5.30. The molecule has 1 aromatic heterocycles. The number of hydrogen-bond acceptors (Lipinski definition) is 3. The van der Waals surface area contributed by atoms with E-state index in [-0.39, 0.29) is 24.1 Å². The molecule has 0 bridgehead atoms. The number of carbonyl (C=O) groups is 1. The molecule has 0 radical (unpaired) electrons. The van der Waals surface area contributed by atoms with Gasteiger partial charge in [-0.3, -0.25) is 14.2 Å². The van der Waals surface area contributed by atoms with E-state index in [0.29, 0.717) is 0 Å². The lowest BCUT2D eigenvalue weighted by Crippen LogP contribution is -2.33. The number of aromatic nitrogens is 2. The van der Waals surface area contributed by atoms with Gasteiger partial charge in [0.25, 0.3) is 5.56 Å². The number of benzene rings is 1. The zero-order valence-electron chi connectivity index (χ0n) is 13.0. The quantitative estimate of drug-likeness (QED) is 0.888. The molecule has 0 saturated heterocycles. The molecule has 1 atom stereocenters. The predicted molar refractivity (Wildman–Crippen MR) is 85.5 cm³/mol. The number of rotatable bonds is 6. The second kappa shape index (κ2) is 7.54. The third-order valence-electron chi connectivity index (χ3n) is 3.43. The fourth-order valence-corrected chi connectivity index (χ4v) is 2.24. The highest BCUT2D eigenvalue weighted by Crippen LogP contribution is 2.10. The number of aryl methyl sites for hydroxylation is 1. The van der Waals surface area contributed by atoms with Crippen molar-refractivity contribution in [2.24, 2.45) is 0 Å². The fourth-order valence-electron chi connectivity index (χ4n) is 2.24. The van der Waals surface area contributed by atoms with Gasteiger partial charge in [-0.15, -0.1) is 0 Å². The number of carbonyl (C=O) groups excluding carboxylic acids is 1. The van der Waals surface area contributed by atoms with Gasteiger partial charge in [0, 0.05) is 11.8 Å². The largest absolute Gasteiger partial charge is 0.348 e. The maximum atomic E-state index is 12.1. The molecule has 1 aromatic carbocycles. The Balaban J connectivity index is 1.99. The molecule has 0 aliphatic rings. The Kier molecular flexibility index (Phi) is 5.47. The Labute approximate surface area is 130 Å². The van der Waals surface area contributed by atoms with Crippen molar-refractivity contribution in [2.75, 3.05) is 0 Å². The van der Waals surface area contributed by atoms with Crippen LogP contribution < -0.4 is 10.9 Å². The molecule has 1 amide bonds. The average molecular weight is 299 g/mol. The van der Waals surface area contributed by atoms with Crippen LogP contribution in [0.3, 0.4) is 0 Å². The first-order valence-corrected chi connectivity index (χ1v) is 7.50. The van der Waals surface area contributed by atoms with Gasteiger partial charge < -0.3 is 5.32 Å². The van der Waals surface area contributed by atoms with Crippen LogP contribution in [-0.2, 0) is 17.8 Å². The second-order valence-corrected chi connectivity index (χ2v) is 5.30. The van der Waals surface area contributed by atoms with Crippen LogP contribution in [0.1, 0.15) is 37.6 Å². The van der Waals surface area contributed by atoms with Gasteiger partial charge in [0.05, 0.1) is 12.4 Å². The first-order valence-electron chi connectivity index (χ1n) is 7.50. The highest BCUT2D eigenvalue weighted by atomic mass is 16.2. The van der Waals surface area contributed by atoms with Crippen LogP contribution in [0.15, 0.2) is 47.5 Å². The molecule has 0 aliphatic heterocycles. The summed E-state index contributed by atoms with van der Waals surface area (Å²) in [5.41, 5.74) is 1.60. The van der Waals surface area contributed by atoms with E-state index in [1.807, 2.05) is 44.2 Å². The molecule has 0 unspecified atom stereocenters. The zero-order valence-corrected chi connectivity index (χ0v) is 13.0. The molecule has 2 aromatic rings. The SMILES string of the molecule is CCCc1cc(=O)n(CC(=O)N[C@H](C)c2ccccc2)cn1. The monoisotopic (exact) mass is 299 g/mol. The van der Waals surface area contributed by atoms with Crippen molar-refractivity contribution in [1.82, 2.24) is 14.9 Å². The van der Waals surface area contributed by atoms with E-state index in [0.717, 1.165) is 24.1 Å². The molecule has 1 heterocycles. The Morgan fingerprint density at radius 3 is 2.68 bits per heavy atom. The van der Waals surface area contributed by atoms with Crippen molar-refractivity contribution in [2.45, 2.75) is 39.3 Å². The number of hydrogen-bond donors (Lipinski definition) is 1. The summed E-state index contributed by atoms with van der Waals surface area (Å²) < 4.78 is 1.33. The highest BCUT2D eigenvalue weighted by Gasteiger charge is 2.10. The summed E-state index contributed by atoms with van der Waals surface area (Å²) in [6.45, 7) is 3.93. The fraction of sp³-hybridized carbons (Fsp3) is 0.353. The highest BCUT2D eigenvalue weighted by molar-refractivity contribution is 5.76. The average Bonchev–Trinajstić information content (AvgIpc) is 2.51. The van der Waals surface area contributed by atoms with Gasteiger partial charge in [0.2, 0.25) is 5.91 Å². The molecule has 1 N–H and O–H groups in total. The minimum Gasteiger partial charge on any atom is -0.348 e. The first-order chi connectivity index (χ1) is 10.6. The van der Waals surface area contributed by atoms with E-state index < -0.39 is 0 Å². The minimum atomic E-state index is -0.205. The molecule has 0 spiro atoms. The normalized spacial score (nSPS) is 11.9. The maximum absolute atomic E-state index is 12.1. The lowest BCUT2D eigenvalue weighted by Gasteiger charge is -2.14. The van der Waals surface area contributed by atoms with Crippen LogP contribution in [0.2, 0.25) is 0 Å². The third kappa shape index (κ3) is 4.28. The van der Waals surface area contributed by atoms with Gasteiger partial charge in [-0.2, -0.15) is 0 Å². The smallest absolute Gasteiger partial charge is 0.253 e. The van der Waals surface area contributed by atoms with Crippen molar-refractivity contribution in [3.63, 3.8) is 0 Å². The summed E-state index contributed by atoms with van der Waals surface area (Å²) in [5, 5.41) is 2.89. The van der Waals surface area contributed by atoms with E-state index in [2.05, 4.69) is 10.3 Å². The van der Waals surface area contributed by atoms with Crippen LogP contribution in [0.4, 0.5) is 0 Å². The molecule has 22 heavy (non-hydrogen) atoms. The number of nitrogens with one attached hydrogen (secondary N) is 1. The molecule has 2 rings (SSSR count). The Morgan fingerprint density at radius 1 is 1.32 bits per heavy atom. The molecular weight excluding hydrogens is 278 g/mol. The van der Waals surface area contributed by atoms with Crippen LogP contribution >= 0.6 is 0 Å². The van der Waals surface area contributed by atoms with Gasteiger partial charge in [-0.25, -0.2) is 4.98 Å².